The Balaban J connectivity index is 1.38. The molecule has 1 saturated heterocycles. The van der Waals surface area contributed by atoms with Gasteiger partial charge in [0.15, 0.2) is 4.90 Å². The Hall–Kier alpha value is -1.69. The molecular formula is C21H26N2O2S. The number of benzene rings is 2. The molecule has 0 saturated carbocycles. The number of piperazine rings is 1. The second-order valence-corrected chi connectivity index (χ2v) is 8.49. The first-order chi connectivity index (χ1) is 12.6. The van der Waals surface area contributed by atoms with E-state index >= 15 is 0 Å². The van der Waals surface area contributed by atoms with Gasteiger partial charge in [-0.15, -0.1) is 0 Å². The van der Waals surface area contributed by atoms with Crippen molar-refractivity contribution < 1.29 is 9.29 Å². The molecule has 2 atom stereocenters. The van der Waals surface area contributed by atoms with Crippen molar-refractivity contribution in [1.29, 1.82) is 0 Å². The second-order valence-electron chi connectivity index (χ2n) is 7.11. The molecule has 0 N–H and O–H groups in total. The molecule has 0 radical (unpaired) electrons. The predicted octanol–water partition coefficient (Wildman–Crippen LogP) is 3.24. The number of anilines is 1. The number of rotatable bonds is 4. The minimum Gasteiger partial charge on any atom is -0.612 e. The van der Waals surface area contributed by atoms with Crippen LogP contribution in [0.1, 0.15) is 24.1 Å². The Morgan fingerprint density at radius 2 is 1.77 bits per heavy atom. The molecule has 0 amide bonds. The van der Waals surface area contributed by atoms with E-state index in [2.05, 4.69) is 47.1 Å². The summed E-state index contributed by atoms with van der Waals surface area (Å²) in [6.45, 7) is 7.22. The van der Waals surface area contributed by atoms with E-state index in [0.717, 1.165) is 49.9 Å². The average molecular weight is 371 g/mol. The van der Waals surface area contributed by atoms with Gasteiger partial charge < -0.3 is 14.2 Å². The second kappa shape index (κ2) is 7.51. The Morgan fingerprint density at radius 3 is 2.46 bits per heavy atom. The zero-order chi connectivity index (χ0) is 18.1. The van der Waals surface area contributed by atoms with Gasteiger partial charge in [-0.2, -0.15) is 0 Å². The molecule has 138 valence electrons. The highest BCUT2D eigenvalue weighted by atomic mass is 32.2. The van der Waals surface area contributed by atoms with Gasteiger partial charge in [0.05, 0.1) is 6.61 Å². The number of hydrogen-bond acceptors (Lipinski definition) is 4. The molecule has 5 heteroatoms. The summed E-state index contributed by atoms with van der Waals surface area (Å²) < 4.78 is 17.3. The zero-order valence-corrected chi connectivity index (χ0v) is 16.3. The normalized spacial score (nSPS) is 19.7. The van der Waals surface area contributed by atoms with Crippen LogP contribution in [0.3, 0.4) is 0 Å². The third-order valence-electron chi connectivity index (χ3n) is 5.60. The number of fused-ring (bicyclic) bond motifs is 1. The van der Waals surface area contributed by atoms with Crippen molar-refractivity contribution in [3.8, 4) is 5.75 Å². The highest BCUT2D eigenvalue weighted by molar-refractivity contribution is 7.90. The minimum absolute atomic E-state index is 0.400. The summed E-state index contributed by atoms with van der Waals surface area (Å²) in [6.07, 6.45) is 2.76. The summed E-state index contributed by atoms with van der Waals surface area (Å²) >= 11 is -0.912. The monoisotopic (exact) mass is 370 g/mol. The predicted molar refractivity (Wildman–Crippen MR) is 107 cm³/mol. The number of hydrogen-bond donors (Lipinski definition) is 0. The number of ether oxygens (including phenoxy) is 1. The van der Waals surface area contributed by atoms with Crippen molar-refractivity contribution >= 4 is 16.9 Å². The van der Waals surface area contributed by atoms with E-state index < -0.39 is 11.2 Å². The van der Waals surface area contributed by atoms with Crippen molar-refractivity contribution in [2.45, 2.75) is 24.3 Å². The van der Waals surface area contributed by atoms with Gasteiger partial charge in [0.25, 0.3) is 0 Å². The van der Waals surface area contributed by atoms with Crippen molar-refractivity contribution in [2.75, 3.05) is 43.9 Å². The van der Waals surface area contributed by atoms with E-state index in [9.17, 15) is 4.55 Å². The van der Waals surface area contributed by atoms with Crippen LogP contribution < -0.4 is 9.64 Å². The van der Waals surface area contributed by atoms with Crippen molar-refractivity contribution in [3.05, 3.63) is 53.6 Å². The zero-order valence-electron chi connectivity index (χ0n) is 15.5. The Kier molecular flexibility index (Phi) is 5.11. The van der Waals surface area contributed by atoms with Gasteiger partial charge in [0.1, 0.15) is 12.0 Å². The molecule has 26 heavy (non-hydrogen) atoms. The van der Waals surface area contributed by atoms with E-state index in [4.69, 9.17) is 4.74 Å². The van der Waals surface area contributed by atoms with Crippen LogP contribution >= 0.6 is 0 Å². The molecule has 0 spiro atoms. The first-order valence-corrected chi connectivity index (χ1v) is 10.9. The maximum absolute atomic E-state index is 11.5. The molecule has 2 aliphatic heterocycles. The lowest BCUT2D eigenvalue weighted by molar-refractivity contribution is 0.198. The maximum Gasteiger partial charge on any atom is 0.152 e. The van der Waals surface area contributed by atoms with Gasteiger partial charge in [0, 0.05) is 44.3 Å². The van der Waals surface area contributed by atoms with Crippen LogP contribution in [0.25, 0.3) is 0 Å². The summed E-state index contributed by atoms with van der Waals surface area (Å²) in [4.78, 5) is 5.85. The van der Waals surface area contributed by atoms with Gasteiger partial charge in [-0.25, -0.2) is 0 Å². The molecule has 4 rings (SSSR count). The lowest BCUT2D eigenvalue weighted by Gasteiger charge is -2.39. The largest absolute Gasteiger partial charge is 0.612 e. The minimum atomic E-state index is -0.912. The summed E-state index contributed by atoms with van der Waals surface area (Å²) in [6, 6.07) is 15.2. The van der Waals surface area contributed by atoms with Gasteiger partial charge in [0.2, 0.25) is 0 Å². The van der Waals surface area contributed by atoms with Crippen LogP contribution in [0.2, 0.25) is 0 Å². The van der Waals surface area contributed by atoms with Gasteiger partial charge in [-0.05, 0) is 59.6 Å². The van der Waals surface area contributed by atoms with Crippen molar-refractivity contribution in [2.24, 2.45) is 0 Å². The summed E-state index contributed by atoms with van der Waals surface area (Å²) in [5.41, 5.74) is 3.90. The van der Waals surface area contributed by atoms with Crippen molar-refractivity contribution in [3.63, 3.8) is 0 Å². The molecule has 2 unspecified atom stereocenters. The lowest BCUT2D eigenvalue weighted by Crippen LogP contribution is -2.47. The van der Waals surface area contributed by atoms with E-state index in [1.54, 1.807) is 6.26 Å². The van der Waals surface area contributed by atoms with Crippen molar-refractivity contribution in [1.82, 2.24) is 4.90 Å². The van der Waals surface area contributed by atoms with Gasteiger partial charge in [-0.1, -0.05) is 12.1 Å². The van der Waals surface area contributed by atoms with Crippen LogP contribution in [0.15, 0.2) is 47.4 Å². The van der Waals surface area contributed by atoms with E-state index in [1.165, 1.54) is 16.8 Å². The molecular weight excluding hydrogens is 344 g/mol. The molecule has 2 aliphatic rings. The molecule has 0 aliphatic carbocycles. The van der Waals surface area contributed by atoms with Crippen LogP contribution in [-0.4, -0.2) is 48.5 Å². The summed E-state index contributed by atoms with van der Waals surface area (Å²) in [5.74, 6) is 1.07. The topological polar surface area (TPSA) is 38.8 Å². The standard InChI is InChI=1S/C21H26N2O2S/c1-16(18-4-3-17-9-14-25-21(17)15-18)22-10-12-23(13-11-22)19-5-7-20(8-6-19)26(2)24/h3-8,15-16H,9-14H2,1-2H3. The molecule has 0 bridgehead atoms. The lowest BCUT2D eigenvalue weighted by atomic mass is 10.0. The summed E-state index contributed by atoms with van der Waals surface area (Å²) in [7, 11) is 0. The average Bonchev–Trinajstić information content (AvgIpc) is 3.15. The van der Waals surface area contributed by atoms with Crippen LogP contribution in [-0.2, 0) is 17.6 Å². The fourth-order valence-electron chi connectivity index (χ4n) is 3.87. The Morgan fingerprint density at radius 1 is 1.04 bits per heavy atom. The van der Waals surface area contributed by atoms with Crippen LogP contribution in [0.5, 0.6) is 5.75 Å². The fourth-order valence-corrected chi connectivity index (χ4v) is 4.39. The fraction of sp³-hybridized carbons (Fsp3) is 0.429. The quantitative estimate of drug-likeness (QED) is 0.775. The van der Waals surface area contributed by atoms with Gasteiger partial charge >= 0.3 is 0 Å². The Labute approximate surface area is 158 Å². The van der Waals surface area contributed by atoms with Crippen LogP contribution in [0, 0.1) is 0 Å². The van der Waals surface area contributed by atoms with Gasteiger partial charge in [-0.3, -0.25) is 4.90 Å². The molecule has 4 nitrogen and oxygen atoms in total. The first-order valence-electron chi connectivity index (χ1n) is 9.30. The third-order valence-corrected chi connectivity index (χ3v) is 6.53. The first kappa shape index (κ1) is 17.7. The molecule has 1 fully saturated rings. The third kappa shape index (κ3) is 3.56. The number of nitrogens with zero attached hydrogens (tertiary/aromatic N) is 2. The van der Waals surface area contributed by atoms with E-state index in [1.807, 2.05) is 12.1 Å². The van der Waals surface area contributed by atoms with E-state index in [0.29, 0.717) is 6.04 Å². The smallest absolute Gasteiger partial charge is 0.152 e. The van der Waals surface area contributed by atoms with Crippen LogP contribution in [0.4, 0.5) is 5.69 Å². The highest BCUT2D eigenvalue weighted by Crippen LogP contribution is 2.31. The molecule has 0 aromatic heterocycles. The maximum atomic E-state index is 11.5. The molecule has 2 aromatic rings. The molecule has 2 aromatic carbocycles. The summed E-state index contributed by atoms with van der Waals surface area (Å²) in [5, 5.41) is 0. The highest BCUT2D eigenvalue weighted by Gasteiger charge is 2.24. The molecule has 2 heterocycles. The Bertz CT molecular complexity index is 755. The SMILES string of the molecule is CC(c1ccc2c(c1)OCC2)N1CCN(c2ccc([S+](C)[O-])cc2)CC1. The van der Waals surface area contributed by atoms with E-state index in [-0.39, 0.29) is 0 Å².